The van der Waals surface area contributed by atoms with Crippen molar-refractivity contribution in [3.05, 3.63) is 23.8 Å². The van der Waals surface area contributed by atoms with Crippen LogP contribution in [0, 0.1) is 23.5 Å². The molecule has 2 saturated carbocycles. The number of ether oxygens (including phenoxy) is 1. The fourth-order valence-corrected chi connectivity index (χ4v) is 2.75. The van der Waals surface area contributed by atoms with Crippen LogP contribution >= 0.6 is 0 Å². The van der Waals surface area contributed by atoms with Crippen LogP contribution in [0.3, 0.4) is 0 Å². The van der Waals surface area contributed by atoms with Crippen molar-refractivity contribution in [3.63, 3.8) is 0 Å². The van der Waals surface area contributed by atoms with Gasteiger partial charge in [0.2, 0.25) is 0 Å². The normalized spacial score (nSPS) is 29.9. The molecule has 2 aliphatic rings. The van der Waals surface area contributed by atoms with E-state index in [0.717, 1.165) is 36.8 Å². The molecule has 2 nitrogen and oxygen atoms in total. The van der Waals surface area contributed by atoms with Crippen molar-refractivity contribution in [2.75, 3.05) is 12.4 Å². The highest BCUT2D eigenvalue weighted by Gasteiger charge is 2.47. The monoisotopic (exact) mass is 239 g/mol. The third-order valence-corrected chi connectivity index (χ3v) is 3.78. The quantitative estimate of drug-likeness (QED) is 0.874. The number of hydrogen-bond donors (Lipinski definition) is 1. The van der Waals surface area contributed by atoms with Gasteiger partial charge in [0.15, 0.2) is 11.6 Å². The smallest absolute Gasteiger partial charge is 0.167 e. The molecule has 0 bridgehead atoms. The molecule has 92 valence electrons. The molecule has 0 aliphatic heterocycles. The molecule has 1 aromatic rings. The first-order chi connectivity index (χ1) is 8.17. The Kier molecular flexibility index (Phi) is 2.45. The van der Waals surface area contributed by atoms with Gasteiger partial charge in [-0.25, -0.2) is 8.78 Å². The van der Waals surface area contributed by atoms with Gasteiger partial charge in [0, 0.05) is 19.2 Å². The van der Waals surface area contributed by atoms with Gasteiger partial charge >= 0.3 is 0 Å². The zero-order valence-electron chi connectivity index (χ0n) is 9.67. The van der Waals surface area contributed by atoms with E-state index < -0.39 is 11.6 Å². The summed E-state index contributed by atoms with van der Waals surface area (Å²) in [5, 5.41) is 2.60. The molecule has 2 fully saturated rings. The first kappa shape index (κ1) is 10.8. The van der Waals surface area contributed by atoms with Crippen molar-refractivity contribution < 1.29 is 13.5 Å². The molecule has 0 aromatic heterocycles. The molecular weight excluding hydrogens is 224 g/mol. The van der Waals surface area contributed by atoms with Crippen LogP contribution in [0.15, 0.2) is 12.1 Å². The molecule has 2 unspecified atom stereocenters. The SMILES string of the molecule is CNc1cc(F)c(OC2CC3CC3C2)cc1F. The van der Waals surface area contributed by atoms with Gasteiger partial charge in [0.1, 0.15) is 5.82 Å². The summed E-state index contributed by atoms with van der Waals surface area (Å²) in [7, 11) is 1.56. The molecule has 2 aliphatic carbocycles. The van der Waals surface area contributed by atoms with Crippen LogP contribution in [0.2, 0.25) is 0 Å². The van der Waals surface area contributed by atoms with E-state index in [4.69, 9.17) is 4.74 Å². The molecule has 1 aromatic carbocycles. The van der Waals surface area contributed by atoms with Crippen LogP contribution in [0.4, 0.5) is 14.5 Å². The molecule has 2 atom stereocenters. The highest BCUT2D eigenvalue weighted by molar-refractivity contribution is 5.48. The summed E-state index contributed by atoms with van der Waals surface area (Å²) < 4.78 is 32.7. The fourth-order valence-electron chi connectivity index (χ4n) is 2.75. The van der Waals surface area contributed by atoms with Crippen molar-refractivity contribution in [3.8, 4) is 5.75 Å². The number of nitrogens with one attached hydrogen (secondary N) is 1. The van der Waals surface area contributed by atoms with Gasteiger partial charge in [-0.05, 0) is 31.1 Å². The second kappa shape index (κ2) is 3.86. The minimum absolute atomic E-state index is 0.0350. The van der Waals surface area contributed by atoms with Crippen LogP contribution in [0.5, 0.6) is 5.75 Å². The standard InChI is InChI=1S/C13H15F2NO/c1-16-12-5-11(15)13(6-10(12)14)17-9-3-7-2-8(7)4-9/h5-9,16H,2-4H2,1H3. The van der Waals surface area contributed by atoms with Crippen LogP contribution in [-0.4, -0.2) is 13.2 Å². The van der Waals surface area contributed by atoms with E-state index >= 15 is 0 Å². The van der Waals surface area contributed by atoms with E-state index in [1.54, 1.807) is 7.05 Å². The van der Waals surface area contributed by atoms with Crippen molar-refractivity contribution in [2.24, 2.45) is 11.8 Å². The van der Waals surface area contributed by atoms with Gasteiger partial charge in [-0.1, -0.05) is 0 Å². The second-order valence-electron chi connectivity index (χ2n) is 4.98. The molecule has 1 N–H and O–H groups in total. The number of benzene rings is 1. The number of hydrogen-bond acceptors (Lipinski definition) is 2. The summed E-state index contributed by atoms with van der Waals surface area (Å²) in [4.78, 5) is 0. The molecule has 0 amide bonds. The fraction of sp³-hybridized carbons (Fsp3) is 0.538. The number of halogens is 2. The largest absolute Gasteiger partial charge is 0.487 e. The Morgan fingerprint density at radius 1 is 1.12 bits per heavy atom. The lowest BCUT2D eigenvalue weighted by atomic mass is 10.2. The van der Waals surface area contributed by atoms with E-state index in [0.29, 0.717) is 0 Å². The molecule has 0 spiro atoms. The number of rotatable bonds is 3. The molecule has 0 saturated heterocycles. The Bertz CT molecular complexity index is 439. The summed E-state index contributed by atoms with van der Waals surface area (Å²) >= 11 is 0. The maximum absolute atomic E-state index is 13.6. The predicted molar refractivity (Wildman–Crippen MR) is 61.2 cm³/mol. The maximum Gasteiger partial charge on any atom is 0.167 e. The van der Waals surface area contributed by atoms with Gasteiger partial charge in [0.05, 0.1) is 11.8 Å². The number of anilines is 1. The van der Waals surface area contributed by atoms with Crippen LogP contribution in [-0.2, 0) is 0 Å². The molecule has 17 heavy (non-hydrogen) atoms. The average molecular weight is 239 g/mol. The van der Waals surface area contributed by atoms with E-state index in [2.05, 4.69) is 5.32 Å². The van der Waals surface area contributed by atoms with Crippen molar-refractivity contribution in [1.29, 1.82) is 0 Å². The Labute approximate surface area is 99.0 Å². The first-order valence-corrected chi connectivity index (χ1v) is 6.01. The van der Waals surface area contributed by atoms with Crippen molar-refractivity contribution in [1.82, 2.24) is 0 Å². The molecule has 4 heteroatoms. The third-order valence-electron chi connectivity index (χ3n) is 3.78. The van der Waals surface area contributed by atoms with E-state index in [1.807, 2.05) is 0 Å². The molecular formula is C13H15F2NO. The summed E-state index contributed by atoms with van der Waals surface area (Å²) in [6, 6.07) is 2.27. The second-order valence-corrected chi connectivity index (χ2v) is 4.98. The predicted octanol–water partition coefficient (Wildman–Crippen LogP) is 3.18. The van der Waals surface area contributed by atoms with Gasteiger partial charge in [0.25, 0.3) is 0 Å². The van der Waals surface area contributed by atoms with Crippen LogP contribution in [0.25, 0.3) is 0 Å². The highest BCUT2D eigenvalue weighted by atomic mass is 19.1. The highest BCUT2D eigenvalue weighted by Crippen LogP contribution is 2.52. The summed E-state index contributed by atoms with van der Waals surface area (Å²) in [5.74, 6) is 0.588. The Hall–Kier alpha value is -1.32. The first-order valence-electron chi connectivity index (χ1n) is 6.01. The van der Waals surface area contributed by atoms with Crippen LogP contribution in [0.1, 0.15) is 19.3 Å². The summed E-state index contributed by atoms with van der Waals surface area (Å²) in [5.41, 5.74) is 0.157. The van der Waals surface area contributed by atoms with Gasteiger partial charge in [-0.2, -0.15) is 0 Å². The minimum Gasteiger partial charge on any atom is -0.487 e. The minimum atomic E-state index is -0.503. The maximum atomic E-state index is 13.6. The molecule has 0 heterocycles. The van der Waals surface area contributed by atoms with Gasteiger partial charge in [-0.3, -0.25) is 0 Å². The van der Waals surface area contributed by atoms with Gasteiger partial charge < -0.3 is 10.1 Å². The molecule has 3 rings (SSSR count). The summed E-state index contributed by atoms with van der Waals surface area (Å²) in [6.45, 7) is 0. The lowest BCUT2D eigenvalue weighted by Gasteiger charge is -2.16. The zero-order chi connectivity index (χ0) is 12.0. The average Bonchev–Trinajstić information content (AvgIpc) is 2.91. The summed E-state index contributed by atoms with van der Waals surface area (Å²) in [6.07, 6.45) is 3.32. The van der Waals surface area contributed by atoms with Crippen LogP contribution < -0.4 is 10.1 Å². The topological polar surface area (TPSA) is 21.3 Å². The van der Waals surface area contributed by atoms with Gasteiger partial charge in [-0.15, -0.1) is 0 Å². The lowest BCUT2D eigenvalue weighted by Crippen LogP contribution is -2.14. The van der Waals surface area contributed by atoms with Crippen molar-refractivity contribution in [2.45, 2.75) is 25.4 Å². The zero-order valence-corrected chi connectivity index (χ0v) is 9.67. The van der Waals surface area contributed by atoms with E-state index in [9.17, 15) is 8.78 Å². The Balaban J connectivity index is 1.75. The number of fused-ring (bicyclic) bond motifs is 1. The Morgan fingerprint density at radius 2 is 1.82 bits per heavy atom. The van der Waals surface area contributed by atoms with E-state index in [-0.39, 0.29) is 17.5 Å². The third kappa shape index (κ3) is 1.96. The lowest BCUT2D eigenvalue weighted by molar-refractivity contribution is 0.185. The molecule has 0 radical (unpaired) electrons. The Morgan fingerprint density at radius 3 is 2.47 bits per heavy atom. The van der Waals surface area contributed by atoms with E-state index in [1.165, 1.54) is 6.42 Å². The van der Waals surface area contributed by atoms with Crippen molar-refractivity contribution >= 4 is 5.69 Å².